The van der Waals surface area contributed by atoms with Gasteiger partial charge in [0, 0.05) is 11.8 Å². The molecule has 1 unspecified atom stereocenters. The molecule has 20 heavy (non-hydrogen) atoms. The highest BCUT2D eigenvalue weighted by molar-refractivity contribution is 5.79. The molecule has 1 aliphatic rings. The molecule has 0 saturated carbocycles. The molecule has 102 valence electrons. The highest BCUT2D eigenvalue weighted by atomic mass is 16.5. The molecule has 1 heterocycles. The largest absolute Gasteiger partial charge is 0.469 e. The minimum atomic E-state index is -0.431. The minimum Gasteiger partial charge on any atom is -0.469 e. The van der Waals surface area contributed by atoms with Gasteiger partial charge in [-0.15, -0.1) is 0 Å². The predicted molar refractivity (Wildman–Crippen MR) is 77.2 cm³/mol. The summed E-state index contributed by atoms with van der Waals surface area (Å²) in [7, 11) is 1.45. The Morgan fingerprint density at radius 1 is 1.20 bits per heavy atom. The lowest BCUT2D eigenvalue weighted by Crippen LogP contribution is -2.29. The number of pyridine rings is 1. The molecule has 0 radical (unpaired) electrons. The third-order valence-electron chi connectivity index (χ3n) is 4.01. The number of methoxy groups -OCH3 is 1. The topological polar surface area (TPSA) is 39.2 Å². The molecule has 0 fully saturated rings. The van der Waals surface area contributed by atoms with Gasteiger partial charge in [0.2, 0.25) is 0 Å². The van der Waals surface area contributed by atoms with Crippen LogP contribution in [0.1, 0.15) is 18.1 Å². The monoisotopic (exact) mass is 267 g/mol. The summed E-state index contributed by atoms with van der Waals surface area (Å²) in [5.41, 5.74) is 4.08. The number of hydrogen-bond donors (Lipinski definition) is 0. The van der Waals surface area contributed by atoms with Crippen LogP contribution in [-0.4, -0.2) is 18.1 Å². The first-order chi connectivity index (χ1) is 9.62. The Morgan fingerprint density at radius 2 is 2.00 bits per heavy atom. The summed E-state index contributed by atoms with van der Waals surface area (Å²) in [5.74, 6) is -0.131. The number of carbonyl (C=O) groups is 1. The van der Waals surface area contributed by atoms with Crippen LogP contribution in [0.15, 0.2) is 42.6 Å². The SMILES string of the molecule is COC(=O)C1(C)Cc2ccc(-c3ccccn3)cc2C1. The van der Waals surface area contributed by atoms with Gasteiger partial charge in [-0.2, -0.15) is 0 Å². The first kappa shape index (κ1) is 12.9. The number of aromatic nitrogens is 1. The van der Waals surface area contributed by atoms with Crippen LogP contribution < -0.4 is 0 Å². The first-order valence-electron chi connectivity index (χ1n) is 6.74. The summed E-state index contributed by atoms with van der Waals surface area (Å²) in [5, 5.41) is 0. The molecule has 1 aliphatic carbocycles. The van der Waals surface area contributed by atoms with Crippen LogP contribution in [0.3, 0.4) is 0 Å². The van der Waals surface area contributed by atoms with Crippen molar-refractivity contribution in [3.63, 3.8) is 0 Å². The summed E-state index contributed by atoms with van der Waals surface area (Å²) < 4.78 is 4.93. The number of nitrogens with zero attached hydrogens (tertiary/aromatic N) is 1. The highest BCUT2D eigenvalue weighted by Gasteiger charge is 2.40. The highest BCUT2D eigenvalue weighted by Crippen LogP contribution is 2.39. The third kappa shape index (κ3) is 2.09. The molecule has 1 aromatic heterocycles. The quantitative estimate of drug-likeness (QED) is 0.785. The maximum absolute atomic E-state index is 11.9. The Morgan fingerprint density at radius 3 is 2.70 bits per heavy atom. The second kappa shape index (κ2) is 4.75. The fourth-order valence-electron chi connectivity index (χ4n) is 2.95. The fraction of sp³-hybridized carbons (Fsp3) is 0.294. The Bertz CT molecular complexity index is 651. The van der Waals surface area contributed by atoms with Gasteiger partial charge in [-0.3, -0.25) is 9.78 Å². The number of esters is 1. The normalized spacial score (nSPS) is 20.5. The van der Waals surface area contributed by atoms with Crippen molar-refractivity contribution in [1.29, 1.82) is 0 Å². The number of fused-ring (bicyclic) bond motifs is 1. The first-order valence-corrected chi connectivity index (χ1v) is 6.74. The van der Waals surface area contributed by atoms with E-state index in [0.29, 0.717) is 0 Å². The van der Waals surface area contributed by atoms with Crippen molar-refractivity contribution in [3.05, 3.63) is 53.7 Å². The lowest BCUT2D eigenvalue weighted by Gasteiger charge is -2.19. The van der Waals surface area contributed by atoms with Gasteiger partial charge in [0.1, 0.15) is 0 Å². The standard InChI is InChI=1S/C17H17NO2/c1-17(16(19)20-2)10-13-7-6-12(9-14(13)11-17)15-5-3-4-8-18-15/h3-9H,10-11H2,1-2H3. The Kier molecular flexibility index (Phi) is 3.05. The zero-order chi connectivity index (χ0) is 14.2. The van der Waals surface area contributed by atoms with Gasteiger partial charge < -0.3 is 4.74 Å². The number of carbonyl (C=O) groups excluding carboxylic acids is 1. The van der Waals surface area contributed by atoms with Crippen molar-refractivity contribution in [1.82, 2.24) is 4.98 Å². The van der Waals surface area contributed by atoms with Crippen LogP contribution in [0.2, 0.25) is 0 Å². The smallest absolute Gasteiger partial charge is 0.312 e. The maximum Gasteiger partial charge on any atom is 0.312 e. The predicted octanol–water partition coefficient (Wildman–Crippen LogP) is 3.03. The van der Waals surface area contributed by atoms with Crippen molar-refractivity contribution in [2.45, 2.75) is 19.8 Å². The number of rotatable bonds is 2. The van der Waals surface area contributed by atoms with E-state index in [9.17, 15) is 4.79 Å². The van der Waals surface area contributed by atoms with Gasteiger partial charge in [-0.05, 0) is 49.1 Å². The summed E-state index contributed by atoms with van der Waals surface area (Å²) in [6, 6.07) is 12.2. The minimum absolute atomic E-state index is 0.131. The van der Waals surface area contributed by atoms with Crippen LogP contribution >= 0.6 is 0 Å². The zero-order valence-corrected chi connectivity index (χ0v) is 11.7. The van der Waals surface area contributed by atoms with E-state index in [1.807, 2.05) is 25.1 Å². The Labute approximate surface area is 118 Å². The van der Waals surface area contributed by atoms with Crippen molar-refractivity contribution >= 4 is 5.97 Å². The van der Waals surface area contributed by atoms with Crippen LogP contribution in [0.25, 0.3) is 11.3 Å². The van der Waals surface area contributed by atoms with E-state index < -0.39 is 5.41 Å². The lowest BCUT2D eigenvalue weighted by atomic mass is 9.87. The molecule has 0 N–H and O–H groups in total. The Balaban J connectivity index is 1.95. The summed E-state index contributed by atoms with van der Waals surface area (Å²) in [4.78, 5) is 16.3. The van der Waals surface area contributed by atoms with Crippen LogP contribution in [-0.2, 0) is 22.4 Å². The average Bonchev–Trinajstić information content (AvgIpc) is 2.83. The van der Waals surface area contributed by atoms with Gasteiger partial charge in [-0.1, -0.05) is 18.2 Å². The molecular weight excluding hydrogens is 250 g/mol. The van der Waals surface area contributed by atoms with E-state index in [1.54, 1.807) is 6.20 Å². The maximum atomic E-state index is 11.9. The molecule has 0 bridgehead atoms. The van der Waals surface area contributed by atoms with Crippen LogP contribution in [0.5, 0.6) is 0 Å². The van der Waals surface area contributed by atoms with E-state index in [0.717, 1.165) is 24.1 Å². The van der Waals surface area contributed by atoms with Crippen LogP contribution in [0.4, 0.5) is 0 Å². The molecule has 1 atom stereocenters. The van der Waals surface area contributed by atoms with Crippen molar-refractivity contribution in [2.24, 2.45) is 5.41 Å². The second-order valence-corrected chi connectivity index (χ2v) is 5.60. The van der Waals surface area contributed by atoms with Gasteiger partial charge in [0.15, 0.2) is 0 Å². The van der Waals surface area contributed by atoms with E-state index in [-0.39, 0.29) is 5.97 Å². The van der Waals surface area contributed by atoms with Crippen LogP contribution in [0, 0.1) is 5.41 Å². The molecule has 0 amide bonds. The van der Waals surface area contributed by atoms with Gasteiger partial charge in [-0.25, -0.2) is 0 Å². The second-order valence-electron chi connectivity index (χ2n) is 5.60. The molecule has 3 nitrogen and oxygen atoms in total. The third-order valence-corrected chi connectivity index (χ3v) is 4.01. The molecule has 1 aromatic carbocycles. The van der Waals surface area contributed by atoms with Crippen molar-refractivity contribution < 1.29 is 9.53 Å². The fourth-order valence-corrected chi connectivity index (χ4v) is 2.95. The van der Waals surface area contributed by atoms with Crippen molar-refractivity contribution in [2.75, 3.05) is 7.11 Å². The summed E-state index contributed by atoms with van der Waals surface area (Å²) >= 11 is 0. The summed E-state index contributed by atoms with van der Waals surface area (Å²) in [6.07, 6.45) is 3.27. The molecule has 3 rings (SSSR count). The van der Waals surface area contributed by atoms with E-state index in [2.05, 4.69) is 23.2 Å². The lowest BCUT2D eigenvalue weighted by molar-refractivity contribution is -0.151. The summed E-state index contributed by atoms with van der Waals surface area (Å²) in [6.45, 7) is 1.97. The Hall–Kier alpha value is -2.16. The average molecular weight is 267 g/mol. The number of ether oxygens (including phenoxy) is 1. The van der Waals surface area contributed by atoms with E-state index in [1.165, 1.54) is 18.2 Å². The molecule has 0 aliphatic heterocycles. The van der Waals surface area contributed by atoms with Gasteiger partial charge in [0.05, 0.1) is 18.2 Å². The zero-order valence-electron chi connectivity index (χ0n) is 11.7. The molecule has 3 heteroatoms. The molecule has 2 aromatic rings. The molecule has 0 spiro atoms. The van der Waals surface area contributed by atoms with Crippen molar-refractivity contribution in [3.8, 4) is 11.3 Å². The van der Waals surface area contributed by atoms with E-state index >= 15 is 0 Å². The van der Waals surface area contributed by atoms with E-state index in [4.69, 9.17) is 4.74 Å². The number of hydrogen-bond acceptors (Lipinski definition) is 3. The molecular formula is C17H17NO2. The molecule has 0 saturated heterocycles. The van der Waals surface area contributed by atoms with Gasteiger partial charge in [0.25, 0.3) is 0 Å². The van der Waals surface area contributed by atoms with Gasteiger partial charge >= 0.3 is 5.97 Å². The number of benzene rings is 1.